The molecule has 0 atom stereocenters. The second kappa shape index (κ2) is 7.17. The van der Waals surface area contributed by atoms with Crippen LogP contribution in [0.1, 0.15) is 21.7 Å². The van der Waals surface area contributed by atoms with E-state index < -0.39 is 18.3 Å². The number of aliphatic hydroxyl groups excluding tert-OH is 1. The molecule has 0 aliphatic carbocycles. The van der Waals surface area contributed by atoms with Gasteiger partial charge in [0.2, 0.25) is 0 Å². The van der Waals surface area contributed by atoms with Crippen LogP contribution >= 0.6 is 0 Å². The summed E-state index contributed by atoms with van der Waals surface area (Å²) < 4.78 is 14.9. The number of nitrogens with zero attached hydrogens (tertiary/aromatic N) is 3. The molecular formula is C19H15FN4O2. The van der Waals surface area contributed by atoms with Crippen LogP contribution in [-0.2, 0) is 6.61 Å². The van der Waals surface area contributed by atoms with Crippen LogP contribution < -0.4 is 5.32 Å². The topological polar surface area (TPSA) is 71.5 Å². The number of nitrogens with one attached hydrogen (secondary N) is 1. The summed E-state index contributed by atoms with van der Waals surface area (Å²) >= 11 is 0. The fraction of sp³-hybridized carbons (Fsp3) is 0.105. The molecule has 6 nitrogen and oxygen atoms in total. The molecule has 3 rings (SSSR count). The highest BCUT2D eigenvalue weighted by atomic mass is 19.1. The molecule has 26 heavy (non-hydrogen) atoms. The number of hydrogen-bond donors (Lipinski definition) is 2. The zero-order valence-electron chi connectivity index (χ0n) is 13.9. The summed E-state index contributed by atoms with van der Waals surface area (Å²) in [4.78, 5) is 16.1. The van der Waals surface area contributed by atoms with E-state index in [0.29, 0.717) is 22.8 Å². The van der Waals surface area contributed by atoms with Gasteiger partial charge in [-0.25, -0.2) is 13.9 Å². The summed E-state index contributed by atoms with van der Waals surface area (Å²) in [6.45, 7) is 8.41. The average Bonchev–Trinajstić information content (AvgIpc) is 3.05. The van der Waals surface area contributed by atoms with Crippen molar-refractivity contribution in [2.45, 2.75) is 13.5 Å². The molecule has 0 unspecified atom stereocenters. The maximum Gasteiger partial charge on any atom is 0.274 e. The maximum atomic E-state index is 13.5. The molecule has 1 amide bonds. The molecule has 0 radical (unpaired) electrons. The van der Waals surface area contributed by atoms with Gasteiger partial charge in [0.15, 0.2) is 5.69 Å². The Hall–Kier alpha value is -3.50. The van der Waals surface area contributed by atoms with Crippen molar-refractivity contribution in [1.29, 1.82) is 0 Å². The molecule has 130 valence electrons. The molecule has 0 aliphatic rings. The van der Waals surface area contributed by atoms with Gasteiger partial charge in [-0.15, -0.1) is 0 Å². The lowest BCUT2D eigenvalue weighted by Gasteiger charge is -2.10. The average molecular weight is 350 g/mol. The summed E-state index contributed by atoms with van der Waals surface area (Å²) in [6, 6.07) is 12.4. The molecule has 0 aliphatic heterocycles. The van der Waals surface area contributed by atoms with Gasteiger partial charge in [-0.3, -0.25) is 4.79 Å². The van der Waals surface area contributed by atoms with Crippen LogP contribution in [0.4, 0.5) is 15.8 Å². The first-order valence-corrected chi connectivity index (χ1v) is 7.77. The third kappa shape index (κ3) is 3.45. The SMILES string of the molecule is [C-]#[N+]c1cccc(-n2nc(C)cc2C(=O)Nc2ccc(F)c(CO)c2)c1. The minimum absolute atomic E-state index is 0.0947. The van der Waals surface area contributed by atoms with E-state index in [4.69, 9.17) is 11.7 Å². The summed E-state index contributed by atoms with van der Waals surface area (Å²) in [7, 11) is 0. The van der Waals surface area contributed by atoms with E-state index in [1.54, 1.807) is 37.3 Å². The van der Waals surface area contributed by atoms with Gasteiger partial charge in [-0.05, 0) is 43.3 Å². The van der Waals surface area contributed by atoms with Crippen molar-refractivity contribution in [3.8, 4) is 5.69 Å². The van der Waals surface area contributed by atoms with Gasteiger partial charge in [0.05, 0.1) is 24.6 Å². The number of aryl methyl sites for hydroxylation is 1. The molecule has 3 aromatic rings. The third-order valence-electron chi connectivity index (χ3n) is 3.74. The molecule has 0 bridgehead atoms. The number of aromatic nitrogens is 2. The predicted molar refractivity (Wildman–Crippen MR) is 94.8 cm³/mol. The van der Waals surface area contributed by atoms with Crippen molar-refractivity contribution < 1.29 is 14.3 Å². The molecule has 1 aromatic heterocycles. The summed E-state index contributed by atoms with van der Waals surface area (Å²) in [6.07, 6.45) is 0. The second-order valence-corrected chi connectivity index (χ2v) is 5.63. The van der Waals surface area contributed by atoms with Crippen molar-refractivity contribution in [2.24, 2.45) is 0 Å². The van der Waals surface area contributed by atoms with Crippen molar-refractivity contribution in [1.82, 2.24) is 9.78 Å². The van der Waals surface area contributed by atoms with Crippen LogP contribution in [0.5, 0.6) is 0 Å². The van der Waals surface area contributed by atoms with E-state index in [1.807, 2.05) is 0 Å². The van der Waals surface area contributed by atoms with Crippen LogP contribution in [0.2, 0.25) is 0 Å². The first-order chi connectivity index (χ1) is 12.5. The quantitative estimate of drug-likeness (QED) is 0.706. The van der Waals surface area contributed by atoms with E-state index in [2.05, 4.69) is 15.3 Å². The smallest absolute Gasteiger partial charge is 0.274 e. The Morgan fingerprint density at radius 2 is 2.12 bits per heavy atom. The minimum Gasteiger partial charge on any atom is -0.392 e. The number of carbonyl (C=O) groups is 1. The number of halogens is 1. The van der Waals surface area contributed by atoms with Crippen molar-refractivity contribution in [3.05, 3.63) is 82.7 Å². The first-order valence-electron chi connectivity index (χ1n) is 7.77. The molecule has 2 N–H and O–H groups in total. The number of aliphatic hydroxyl groups is 1. The Kier molecular flexibility index (Phi) is 4.78. The predicted octanol–water partition coefficient (Wildman–Crippen LogP) is 3.62. The second-order valence-electron chi connectivity index (χ2n) is 5.63. The molecule has 0 saturated carbocycles. The molecule has 7 heteroatoms. The normalized spacial score (nSPS) is 10.4. The van der Waals surface area contributed by atoms with Crippen LogP contribution in [0.3, 0.4) is 0 Å². The molecular weight excluding hydrogens is 335 g/mol. The van der Waals surface area contributed by atoms with Crippen molar-refractivity contribution in [2.75, 3.05) is 5.32 Å². The molecule has 2 aromatic carbocycles. The zero-order chi connectivity index (χ0) is 18.7. The Morgan fingerprint density at radius 3 is 2.85 bits per heavy atom. The van der Waals surface area contributed by atoms with Crippen molar-refractivity contribution in [3.63, 3.8) is 0 Å². The summed E-state index contributed by atoms with van der Waals surface area (Å²) in [5.41, 5.74) is 2.40. The van der Waals surface area contributed by atoms with E-state index in [9.17, 15) is 9.18 Å². The maximum absolute atomic E-state index is 13.5. The number of rotatable bonds is 4. The molecule has 1 heterocycles. The molecule has 0 saturated heterocycles. The fourth-order valence-electron chi connectivity index (χ4n) is 2.52. The highest BCUT2D eigenvalue weighted by Crippen LogP contribution is 2.21. The van der Waals surface area contributed by atoms with Gasteiger partial charge in [0, 0.05) is 11.3 Å². The standard InChI is InChI=1S/C19H15FN4O2/c1-12-8-18(24(23-12)16-5-3-4-14(10-16)21-2)19(26)22-15-6-7-17(20)13(9-15)11-25/h3-10,25H,11H2,1H3,(H,22,26). The van der Waals surface area contributed by atoms with Crippen molar-refractivity contribution >= 4 is 17.3 Å². The van der Waals surface area contributed by atoms with Crippen LogP contribution in [-0.4, -0.2) is 20.8 Å². The minimum atomic E-state index is -0.539. The lowest BCUT2D eigenvalue weighted by molar-refractivity contribution is 0.101. The summed E-state index contributed by atoms with van der Waals surface area (Å²) in [5, 5.41) is 16.1. The largest absolute Gasteiger partial charge is 0.392 e. The summed E-state index contributed by atoms with van der Waals surface area (Å²) in [5.74, 6) is -0.975. The van der Waals surface area contributed by atoms with Crippen LogP contribution in [0.25, 0.3) is 10.5 Å². The Bertz CT molecular complexity index is 1020. The van der Waals surface area contributed by atoms with Gasteiger partial charge in [0.1, 0.15) is 11.5 Å². The lowest BCUT2D eigenvalue weighted by Crippen LogP contribution is -2.17. The van der Waals surface area contributed by atoms with Gasteiger partial charge in [-0.2, -0.15) is 5.10 Å². The van der Waals surface area contributed by atoms with Gasteiger partial charge < -0.3 is 10.4 Å². The van der Waals surface area contributed by atoms with Gasteiger partial charge in [-0.1, -0.05) is 12.1 Å². The van der Waals surface area contributed by atoms with Crippen LogP contribution in [0.15, 0.2) is 48.5 Å². The van der Waals surface area contributed by atoms with E-state index in [1.165, 1.54) is 22.9 Å². The monoisotopic (exact) mass is 350 g/mol. The molecule has 0 spiro atoms. The van der Waals surface area contributed by atoms with Gasteiger partial charge in [0.25, 0.3) is 5.91 Å². The Balaban J connectivity index is 1.94. The Morgan fingerprint density at radius 1 is 1.31 bits per heavy atom. The van der Waals surface area contributed by atoms with E-state index in [0.717, 1.165) is 0 Å². The molecule has 0 fully saturated rings. The Labute approximate surface area is 149 Å². The zero-order valence-corrected chi connectivity index (χ0v) is 13.9. The van der Waals surface area contributed by atoms with Gasteiger partial charge >= 0.3 is 0 Å². The van der Waals surface area contributed by atoms with E-state index in [-0.39, 0.29) is 11.3 Å². The third-order valence-corrected chi connectivity index (χ3v) is 3.74. The fourth-order valence-corrected chi connectivity index (χ4v) is 2.52. The number of amides is 1. The van der Waals surface area contributed by atoms with Crippen LogP contribution in [0, 0.1) is 19.3 Å². The number of benzene rings is 2. The number of anilines is 1. The van der Waals surface area contributed by atoms with E-state index >= 15 is 0 Å². The number of carbonyl (C=O) groups excluding carboxylic acids is 1. The number of hydrogen-bond acceptors (Lipinski definition) is 3. The first kappa shape index (κ1) is 17.3. The highest BCUT2D eigenvalue weighted by molar-refractivity contribution is 6.03. The highest BCUT2D eigenvalue weighted by Gasteiger charge is 2.16. The lowest BCUT2D eigenvalue weighted by atomic mass is 10.2.